The number of hydrogen-bond donors (Lipinski definition) is 0. The quantitative estimate of drug-likeness (QED) is 0.589. The van der Waals surface area contributed by atoms with E-state index in [2.05, 4.69) is 44.0 Å². The molecule has 0 amide bonds. The largest absolute Gasteiger partial charge is 0.299 e. The van der Waals surface area contributed by atoms with Gasteiger partial charge in [-0.15, -0.1) is 0 Å². The fourth-order valence-electron chi connectivity index (χ4n) is 5.40. The van der Waals surface area contributed by atoms with Crippen LogP contribution in [0.2, 0.25) is 0 Å². The molecule has 24 heavy (non-hydrogen) atoms. The van der Waals surface area contributed by atoms with E-state index in [4.69, 9.17) is 0 Å². The second kappa shape index (κ2) is 6.58. The molecule has 0 aliphatic carbocycles. The summed E-state index contributed by atoms with van der Waals surface area (Å²) in [4.78, 5) is 13.9. The van der Waals surface area contributed by atoms with Crippen molar-refractivity contribution >= 4 is 5.78 Å². The lowest BCUT2D eigenvalue weighted by Crippen LogP contribution is -2.57. The smallest absolute Gasteiger partial charge is 0.201 e. The van der Waals surface area contributed by atoms with E-state index >= 15 is 0 Å². The Bertz CT molecular complexity index is 530. The van der Waals surface area contributed by atoms with Gasteiger partial charge < -0.3 is 0 Å². The first-order valence-electron chi connectivity index (χ1n) is 9.25. The maximum Gasteiger partial charge on any atom is 0.201 e. The molecule has 1 aliphatic rings. The van der Waals surface area contributed by atoms with Crippen LogP contribution < -0.4 is 0 Å². The normalized spacial score (nSPS) is 18.4. The van der Waals surface area contributed by atoms with Crippen molar-refractivity contribution in [1.82, 2.24) is 0 Å². The second-order valence-electron chi connectivity index (χ2n) is 8.84. The van der Waals surface area contributed by atoms with E-state index in [0.29, 0.717) is 0 Å². The van der Waals surface area contributed by atoms with Crippen LogP contribution in [0.3, 0.4) is 0 Å². The van der Waals surface area contributed by atoms with E-state index in [-0.39, 0.29) is 35.4 Å². The zero-order chi connectivity index (χ0) is 19.1. The molecule has 0 radical (unpaired) electrons. The van der Waals surface area contributed by atoms with Gasteiger partial charge in [-0.2, -0.15) is 15.5 Å². The molecule has 1 aliphatic heterocycles. The summed E-state index contributed by atoms with van der Waals surface area (Å²) < 4.78 is 0. The van der Waals surface area contributed by atoms with Gasteiger partial charge in [-0.05, 0) is 30.6 Å². The molecular formula is C20H35N3O. The van der Waals surface area contributed by atoms with Gasteiger partial charge in [-0.1, -0.05) is 62.3 Å². The molecule has 4 nitrogen and oxygen atoms in total. The molecule has 1 rings (SSSR count). The highest BCUT2D eigenvalue weighted by molar-refractivity contribution is 5.90. The van der Waals surface area contributed by atoms with E-state index < -0.39 is 16.5 Å². The van der Waals surface area contributed by atoms with E-state index in [0.717, 1.165) is 0 Å². The number of rotatable bonds is 8. The molecule has 1 unspecified atom stereocenters. The Morgan fingerprint density at radius 3 is 1.46 bits per heavy atom. The number of hydrogen-bond acceptors (Lipinski definition) is 4. The minimum absolute atomic E-state index is 0.0966. The average Bonchev–Trinajstić information content (AvgIpc) is 3.17. The average molecular weight is 334 g/mol. The van der Waals surface area contributed by atoms with Gasteiger partial charge in [0, 0.05) is 5.92 Å². The van der Waals surface area contributed by atoms with Crippen LogP contribution in [0.25, 0.3) is 0 Å². The van der Waals surface area contributed by atoms with Gasteiger partial charge in [0.2, 0.25) is 5.66 Å². The Morgan fingerprint density at radius 2 is 1.25 bits per heavy atom. The summed E-state index contributed by atoms with van der Waals surface area (Å²) >= 11 is 0. The van der Waals surface area contributed by atoms with E-state index in [1.165, 1.54) is 0 Å². The van der Waals surface area contributed by atoms with E-state index in [1.54, 1.807) is 0 Å². The number of ketones is 1. The number of nitrogens with zero attached hydrogens (tertiary/aromatic N) is 3. The Balaban J connectivity index is 3.52. The van der Waals surface area contributed by atoms with Crippen molar-refractivity contribution in [1.29, 1.82) is 5.26 Å². The zero-order valence-corrected chi connectivity index (χ0v) is 17.1. The number of nitriles is 1. The fraction of sp³-hybridized carbons (Fsp3) is 0.900. The number of Topliss-reactive ketones (excluding diaryl/α,β-unsaturated/α-hetero) is 1. The minimum atomic E-state index is -0.683. The molecule has 0 N–H and O–H groups in total. The molecule has 0 bridgehead atoms. The second-order valence-corrected chi connectivity index (χ2v) is 8.84. The highest BCUT2D eigenvalue weighted by Gasteiger charge is 2.66. The molecule has 0 spiro atoms. The van der Waals surface area contributed by atoms with Gasteiger partial charge in [0.25, 0.3) is 0 Å². The van der Waals surface area contributed by atoms with Gasteiger partial charge in [0.05, 0.1) is 16.9 Å². The molecule has 0 aromatic heterocycles. The van der Waals surface area contributed by atoms with Crippen LogP contribution >= 0.6 is 0 Å². The molecule has 0 aromatic carbocycles. The molecule has 0 saturated carbocycles. The van der Waals surface area contributed by atoms with Crippen LogP contribution in [0.5, 0.6) is 0 Å². The van der Waals surface area contributed by atoms with Crippen LogP contribution in [0.4, 0.5) is 0 Å². The predicted octanol–water partition coefficient (Wildman–Crippen LogP) is 5.49. The SMILES string of the molecule is CC(C)C(C#N)(C(C)C)C(C)C(=O)C(C(C)C)(C(C)C)C1(C)N=N1. The molecule has 1 heterocycles. The van der Waals surface area contributed by atoms with Crippen molar-refractivity contribution in [2.75, 3.05) is 0 Å². The fourth-order valence-corrected chi connectivity index (χ4v) is 5.40. The first kappa shape index (κ1) is 20.8. The van der Waals surface area contributed by atoms with Crippen LogP contribution in [-0.2, 0) is 4.79 Å². The van der Waals surface area contributed by atoms with Crippen molar-refractivity contribution in [3.8, 4) is 6.07 Å². The summed E-state index contributed by atoms with van der Waals surface area (Å²) in [5.41, 5.74) is -2.01. The summed E-state index contributed by atoms with van der Waals surface area (Å²) in [5.74, 6) is 0.170. The maximum absolute atomic E-state index is 13.9. The predicted molar refractivity (Wildman–Crippen MR) is 97.3 cm³/mol. The van der Waals surface area contributed by atoms with Crippen molar-refractivity contribution in [2.45, 2.75) is 74.9 Å². The van der Waals surface area contributed by atoms with Crippen molar-refractivity contribution in [2.24, 2.45) is 50.6 Å². The van der Waals surface area contributed by atoms with Gasteiger partial charge in [0.15, 0.2) is 0 Å². The maximum atomic E-state index is 13.9. The minimum Gasteiger partial charge on any atom is -0.299 e. The first-order chi connectivity index (χ1) is 10.9. The molecular weight excluding hydrogens is 298 g/mol. The number of carbonyl (C=O) groups excluding carboxylic acids is 1. The topological polar surface area (TPSA) is 65.6 Å². The van der Waals surface area contributed by atoms with E-state index in [1.807, 2.05) is 41.5 Å². The molecule has 1 atom stereocenters. The lowest BCUT2D eigenvalue weighted by molar-refractivity contribution is -0.147. The Morgan fingerprint density at radius 1 is 0.875 bits per heavy atom. The van der Waals surface area contributed by atoms with Gasteiger partial charge in [-0.3, -0.25) is 4.79 Å². The third kappa shape index (κ3) is 2.61. The van der Waals surface area contributed by atoms with Gasteiger partial charge in [0.1, 0.15) is 5.78 Å². The summed E-state index contributed by atoms with van der Waals surface area (Å²) in [6.07, 6.45) is 0. The lowest BCUT2D eigenvalue weighted by Gasteiger charge is -2.48. The van der Waals surface area contributed by atoms with Crippen LogP contribution in [0, 0.1) is 51.8 Å². The third-order valence-electron chi connectivity index (χ3n) is 6.63. The van der Waals surface area contributed by atoms with Gasteiger partial charge >= 0.3 is 0 Å². The van der Waals surface area contributed by atoms with Crippen molar-refractivity contribution in [3.05, 3.63) is 0 Å². The molecule has 0 aromatic rings. The van der Waals surface area contributed by atoms with E-state index in [9.17, 15) is 10.1 Å². The summed E-state index contributed by atoms with van der Waals surface area (Å²) in [7, 11) is 0. The Hall–Kier alpha value is -1.24. The summed E-state index contributed by atoms with van der Waals surface area (Å²) in [6, 6.07) is 2.53. The van der Waals surface area contributed by atoms with Gasteiger partial charge in [-0.25, -0.2) is 0 Å². The Labute approximate surface area is 148 Å². The monoisotopic (exact) mass is 333 g/mol. The number of carbonyl (C=O) groups is 1. The molecule has 0 saturated heterocycles. The highest BCUT2D eigenvalue weighted by atomic mass is 16.1. The van der Waals surface area contributed by atoms with Crippen molar-refractivity contribution < 1.29 is 4.79 Å². The Kier molecular flexibility index (Phi) is 5.70. The van der Waals surface area contributed by atoms with Crippen LogP contribution in [0.15, 0.2) is 10.2 Å². The third-order valence-corrected chi connectivity index (χ3v) is 6.63. The molecule has 136 valence electrons. The van der Waals surface area contributed by atoms with Crippen molar-refractivity contribution in [3.63, 3.8) is 0 Å². The highest BCUT2D eigenvalue weighted by Crippen LogP contribution is 2.58. The zero-order valence-electron chi connectivity index (χ0n) is 17.1. The first-order valence-corrected chi connectivity index (χ1v) is 9.25. The molecule has 0 fully saturated rings. The summed E-state index contributed by atoms with van der Waals surface area (Å²) in [5, 5.41) is 18.6. The summed E-state index contributed by atoms with van der Waals surface area (Å²) in [6.45, 7) is 20.4. The van der Waals surface area contributed by atoms with Crippen LogP contribution in [0.1, 0.15) is 69.2 Å². The standard InChI is InChI=1S/C20H35N3O/c1-12(2)19(11-21,13(3)4)16(9)17(24)20(14(5)6,15(7)8)18(10)22-23-18/h12-16H,1-10H3. The van der Waals surface area contributed by atoms with Crippen LogP contribution in [-0.4, -0.2) is 11.4 Å². The lowest BCUT2D eigenvalue weighted by atomic mass is 9.52. The molecule has 4 heteroatoms.